The fourth-order valence-corrected chi connectivity index (χ4v) is 2.25. The number of carbonyl (C=O) groups excluding carboxylic acids is 1. The van der Waals surface area contributed by atoms with Crippen molar-refractivity contribution in [1.82, 2.24) is 14.8 Å². The highest BCUT2D eigenvalue weighted by Gasteiger charge is 2.20. The lowest BCUT2D eigenvalue weighted by molar-refractivity contribution is -0.143. The molecule has 0 bridgehead atoms. The van der Waals surface area contributed by atoms with E-state index in [9.17, 15) is 9.90 Å². The Morgan fingerprint density at radius 3 is 2.67 bits per heavy atom. The number of aromatic hydroxyl groups is 1. The summed E-state index contributed by atoms with van der Waals surface area (Å²) in [6.45, 7) is 2.17. The van der Waals surface area contributed by atoms with E-state index in [-0.39, 0.29) is 17.6 Å². The van der Waals surface area contributed by atoms with Gasteiger partial charge in [0.2, 0.25) is 0 Å². The summed E-state index contributed by atoms with van der Waals surface area (Å²) in [6, 6.07) is 6.92. The van der Waals surface area contributed by atoms with Crippen LogP contribution in [0.3, 0.4) is 0 Å². The minimum absolute atomic E-state index is 0.0671. The van der Waals surface area contributed by atoms with Crippen LogP contribution in [0.1, 0.15) is 37.1 Å². The van der Waals surface area contributed by atoms with Crippen LogP contribution in [-0.2, 0) is 16.6 Å². The van der Waals surface area contributed by atoms with Gasteiger partial charge in [0, 0.05) is 19.4 Å². The fraction of sp³-hybridized carbons (Fsp3) is 0.400. The summed E-state index contributed by atoms with van der Waals surface area (Å²) in [7, 11) is 1.87. The Morgan fingerprint density at radius 1 is 1.38 bits per heavy atom. The molecule has 0 spiro atoms. The highest BCUT2D eigenvalue weighted by Crippen LogP contribution is 2.28. The molecule has 21 heavy (non-hydrogen) atoms. The quantitative estimate of drug-likeness (QED) is 0.823. The molecule has 1 aromatic heterocycles. The molecule has 0 saturated carbocycles. The first-order valence-corrected chi connectivity index (χ1v) is 6.90. The van der Waals surface area contributed by atoms with Crippen LogP contribution in [0.15, 0.2) is 30.6 Å². The zero-order valence-electron chi connectivity index (χ0n) is 12.2. The third kappa shape index (κ3) is 3.81. The van der Waals surface area contributed by atoms with Crippen molar-refractivity contribution in [3.63, 3.8) is 0 Å². The Kier molecular flexibility index (Phi) is 4.92. The van der Waals surface area contributed by atoms with Gasteiger partial charge in [-0.25, -0.2) is 0 Å². The number of phenols is 1. The molecule has 112 valence electrons. The summed E-state index contributed by atoms with van der Waals surface area (Å²) >= 11 is 0. The van der Waals surface area contributed by atoms with Gasteiger partial charge in [-0.05, 0) is 31.0 Å². The van der Waals surface area contributed by atoms with Crippen molar-refractivity contribution in [1.29, 1.82) is 0 Å². The normalized spacial score (nSPS) is 12.1. The largest absolute Gasteiger partial charge is 0.508 e. The molecule has 6 nitrogen and oxygen atoms in total. The minimum atomic E-state index is -0.219. The molecule has 1 aromatic carbocycles. The first-order chi connectivity index (χ1) is 10.1. The maximum absolute atomic E-state index is 11.6. The van der Waals surface area contributed by atoms with E-state index in [0.717, 1.165) is 11.4 Å². The summed E-state index contributed by atoms with van der Waals surface area (Å²) in [6.07, 6.45) is 2.52. The molecule has 0 aliphatic heterocycles. The lowest BCUT2D eigenvalue weighted by Crippen LogP contribution is -2.11. The number of nitrogens with zero attached hydrogens (tertiary/aromatic N) is 3. The smallest absolute Gasteiger partial charge is 0.305 e. The van der Waals surface area contributed by atoms with Gasteiger partial charge in [0.1, 0.15) is 17.9 Å². The number of aryl methyl sites for hydroxylation is 1. The maximum atomic E-state index is 11.6. The summed E-state index contributed by atoms with van der Waals surface area (Å²) in [5.74, 6) is 0.705. The zero-order chi connectivity index (χ0) is 15.2. The fourth-order valence-electron chi connectivity index (χ4n) is 2.25. The number of ether oxygens (including phenoxy) is 1. The van der Waals surface area contributed by atoms with Gasteiger partial charge < -0.3 is 14.4 Å². The van der Waals surface area contributed by atoms with Crippen LogP contribution in [0.2, 0.25) is 0 Å². The number of benzene rings is 1. The topological polar surface area (TPSA) is 77.2 Å². The monoisotopic (exact) mass is 289 g/mol. The van der Waals surface area contributed by atoms with Crippen LogP contribution >= 0.6 is 0 Å². The van der Waals surface area contributed by atoms with E-state index in [1.54, 1.807) is 25.4 Å². The van der Waals surface area contributed by atoms with E-state index in [0.29, 0.717) is 19.4 Å². The predicted octanol–water partition coefficient (Wildman–Crippen LogP) is 2.00. The molecular weight excluding hydrogens is 270 g/mol. The third-order valence-electron chi connectivity index (χ3n) is 3.30. The van der Waals surface area contributed by atoms with E-state index in [1.807, 2.05) is 23.7 Å². The van der Waals surface area contributed by atoms with Gasteiger partial charge >= 0.3 is 5.97 Å². The molecule has 6 heteroatoms. The third-order valence-corrected chi connectivity index (χ3v) is 3.30. The Morgan fingerprint density at radius 2 is 2.10 bits per heavy atom. The van der Waals surface area contributed by atoms with Crippen LogP contribution in [0, 0.1) is 0 Å². The number of hydrogen-bond acceptors (Lipinski definition) is 5. The summed E-state index contributed by atoms with van der Waals surface area (Å²) < 4.78 is 6.81. The first-order valence-electron chi connectivity index (χ1n) is 6.90. The Balaban J connectivity index is 2.21. The molecule has 1 unspecified atom stereocenters. The number of rotatable bonds is 6. The number of phenolic OH excluding ortho intramolecular Hbond substituents is 1. The van der Waals surface area contributed by atoms with Crippen LogP contribution < -0.4 is 0 Å². The standard InChI is InChI=1S/C15H19N3O3/c1-3-21-14(20)9-8-13(15-17-16-10-18(15)2)11-4-6-12(19)7-5-11/h4-7,10,13,19H,3,8-9H2,1-2H3. The molecule has 2 rings (SSSR count). The lowest BCUT2D eigenvalue weighted by Gasteiger charge is -2.16. The van der Waals surface area contributed by atoms with E-state index in [2.05, 4.69) is 10.2 Å². The van der Waals surface area contributed by atoms with E-state index in [1.165, 1.54) is 0 Å². The number of carbonyl (C=O) groups is 1. The predicted molar refractivity (Wildman–Crippen MR) is 76.8 cm³/mol. The molecule has 0 aliphatic rings. The van der Waals surface area contributed by atoms with Crippen LogP contribution in [0.5, 0.6) is 5.75 Å². The van der Waals surface area contributed by atoms with Gasteiger partial charge in [0.05, 0.1) is 6.61 Å². The van der Waals surface area contributed by atoms with Gasteiger partial charge in [0.25, 0.3) is 0 Å². The van der Waals surface area contributed by atoms with Crippen LogP contribution in [-0.4, -0.2) is 32.4 Å². The molecule has 1 heterocycles. The average molecular weight is 289 g/mol. The molecule has 0 amide bonds. The average Bonchev–Trinajstić information content (AvgIpc) is 2.88. The van der Waals surface area contributed by atoms with Gasteiger partial charge in [-0.3, -0.25) is 4.79 Å². The Labute approximate surface area is 123 Å². The highest BCUT2D eigenvalue weighted by atomic mass is 16.5. The van der Waals surface area contributed by atoms with Gasteiger partial charge in [-0.1, -0.05) is 12.1 Å². The number of hydrogen-bond donors (Lipinski definition) is 1. The summed E-state index contributed by atoms with van der Waals surface area (Å²) in [4.78, 5) is 11.6. The van der Waals surface area contributed by atoms with Crippen molar-refractivity contribution in [3.8, 4) is 5.75 Å². The summed E-state index contributed by atoms with van der Waals surface area (Å²) in [5, 5.41) is 17.4. The molecule has 0 radical (unpaired) electrons. The minimum Gasteiger partial charge on any atom is -0.508 e. The van der Waals surface area contributed by atoms with Crippen molar-refractivity contribution in [3.05, 3.63) is 42.0 Å². The maximum Gasteiger partial charge on any atom is 0.305 e. The van der Waals surface area contributed by atoms with Gasteiger partial charge in [-0.15, -0.1) is 10.2 Å². The van der Waals surface area contributed by atoms with E-state index >= 15 is 0 Å². The number of esters is 1. The van der Waals surface area contributed by atoms with Crippen LogP contribution in [0.25, 0.3) is 0 Å². The van der Waals surface area contributed by atoms with Gasteiger partial charge in [-0.2, -0.15) is 0 Å². The Bertz CT molecular complexity index is 592. The number of aromatic nitrogens is 3. The first kappa shape index (κ1) is 15.0. The SMILES string of the molecule is CCOC(=O)CCC(c1ccc(O)cc1)c1nncn1C. The Hall–Kier alpha value is -2.37. The summed E-state index contributed by atoms with van der Waals surface area (Å²) in [5.41, 5.74) is 0.980. The molecule has 1 N–H and O–H groups in total. The van der Waals surface area contributed by atoms with E-state index < -0.39 is 0 Å². The van der Waals surface area contributed by atoms with Crippen molar-refractivity contribution in [2.24, 2.45) is 7.05 Å². The second-order valence-electron chi connectivity index (χ2n) is 4.79. The van der Waals surface area contributed by atoms with Gasteiger partial charge in [0.15, 0.2) is 0 Å². The van der Waals surface area contributed by atoms with Crippen molar-refractivity contribution in [2.45, 2.75) is 25.7 Å². The molecule has 0 aliphatic carbocycles. The molecule has 1 atom stereocenters. The molecule has 0 fully saturated rings. The molecular formula is C15H19N3O3. The highest BCUT2D eigenvalue weighted by molar-refractivity contribution is 5.69. The van der Waals surface area contributed by atoms with Crippen molar-refractivity contribution < 1.29 is 14.6 Å². The molecule has 0 saturated heterocycles. The molecule has 2 aromatic rings. The van der Waals surface area contributed by atoms with Crippen molar-refractivity contribution in [2.75, 3.05) is 6.61 Å². The van der Waals surface area contributed by atoms with E-state index in [4.69, 9.17) is 4.74 Å². The van der Waals surface area contributed by atoms with Crippen LogP contribution in [0.4, 0.5) is 0 Å². The second kappa shape index (κ2) is 6.88. The lowest BCUT2D eigenvalue weighted by atomic mass is 9.93. The zero-order valence-corrected chi connectivity index (χ0v) is 12.2. The second-order valence-corrected chi connectivity index (χ2v) is 4.79. The van der Waals surface area contributed by atoms with Crippen molar-refractivity contribution >= 4 is 5.97 Å².